The van der Waals surface area contributed by atoms with Crippen molar-refractivity contribution in [3.8, 4) is 5.75 Å². The number of carbonyl (C=O) groups excluding carboxylic acids is 3. The normalized spacial score (nSPS) is 19.7. The lowest BCUT2D eigenvalue weighted by Gasteiger charge is -2.22. The van der Waals surface area contributed by atoms with Crippen molar-refractivity contribution in [3.63, 3.8) is 0 Å². The topological polar surface area (TPSA) is 97.0 Å². The number of methoxy groups -OCH3 is 1. The zero-order chi connectivity index (χ0) is 19.3. The summed E-state index contributed by atoms with van der Waals surface area (Å²) >= 11 is 0. The van der Waals surface area contributed by atoms with Crippen LogP contribution >= 0.6 is 0 Å². The molecule has 1 aromatic rings. The molecule has 26 heavy (non-hydrogen) atoms. The summed E-state index contributed by atoms with van der Waals surface area (Å²) in [5.74, 6) is -1.19. The molecule has 2 rings (SSSR count). The van der Waals surface area contributed by atoms with E-state index in [-0.39, 0.29) is 12.3 Å². The van der Waals surface area contributed by atoms with Gasteiger partial charge in [0.05, 0.1) is 6.61 Å². The van der Waals surface area contributed by atoms with Crippen molar-refractivity contribution in [2.24, 2.45) is 0 Å². The van der Waals surface area contributed by atoms with Crippen molar-refractivity contribution in [2.45, 2.75) is 19.1 Å². The minimum atomic E-state index is -2.96. The fraction of sp³-hybridized carbons (Fsp3) is 0.438. The van der Waals surface area contributed by atoms with Crippen LogP contribution in [0.1, 0.15) is 12.5 Å². The predicted octanol–water partition coefficient (Wildman–Crippen LogP) is 0.818. The molecule has 1 saturated heterocycles. The first-order valence-electron chi connectivity index (χ1n) is 7.73. The summed E-state index contributed by atoms with van der Waals surface area (Å²) in [6.45, 7) is -1.37. The zero-order valence-corrected chi connectivity index (χ0v) is 14.3. The lowest BCUT2D eigenvalue weighted by Crippen LogP contribution is -2.43. The molecule has 0 saturated carbocycles. The second-order valence-corrected chi connectivity index (χ2v) is 5.69. The SMILES string of the molecule is COCCNC(=O)CN1C(=O)N[C@](C)(c2ccc(OC(F)F)cc2)C1=O. The van der Waals surface area contributed by atoms with Crippen LogP contribution in [0, 0.1) is 0 Å². The molecular weight excluding hydrogens is 352 g/mol. The molecule has 10 heteroatoms. The number of benzene rings is 1. The third-order valence-corrected chi connectivity index (χ3v) is 3.86. The van der Waals surface area contributed by atoms with Gasteiger partial charge in [0.2, 0.25) is 5.91 Å². The van der Waals surface area contributed by atoms with Gasteiger partial charge in [-0.15, -0.1) is 0 Å². The lowest BCUT2D eigenvalue weighted by molar-refractivity contribution is -0.134. The molecule has 1 aromatic carbocycles. The summed E-state index contributed by atoms with van der Waals surface area (Å²) in [5, 5.41) is 5.04. The molecule has 1 heterocycles. The van der Waals surface area contributed by atoms with E-state index in [0.29, 0.717) is 12.2 Å². The Bertz CT molecular complexity index is 683. The van der Waals surface area contributed by atoms with Crippen LogP contribution in [0.5, 0.6) is 5.75 Å². The maximum Gasteiger partial charge on any atom is 0.387 e. The van der Waals surface area contributed by atoms with E-state index in [1.165, 1.54) is 38.3 Å². The number of nitrogens with one attached hydrogen (secondary N) is 2. The van der Waals surface area contributed by atoms with E-state index in [4.69, 9.17) is 4.74 Å². The van der Waals surface area contributed by atoms with Crippen molar-refractivity contribution < 1.29 is 32.6 Å². The van der Waals surface area contributed by atoms with E-state index in [9.17, 15) is 23.2 Å². The maximum absolute atomic E-state index is 12.7. The number of hydrogen-bond donors (Lipinski definition) is 2. The minimum Gasteiger partial charge on any atom is -0.435 e. The highest BCUT2D eigenvalue weighted by molar-refractivity contribution is 6.09. The van der Waals surface area contributed by atoms with Gasteiger partial charge in [-0.2, -0.15) is 8.78 Å². The van der Waals surface area contributed by atoms with Gasteiger partial charge in [-0.1, -0.05) is 12.1 Å². The van der Waals surface area contributed by atoms with Gasteiger partial charge < -0.3 is 20.1 Å². The van der Waals surface area contributed by atoms with Crippen molar-refractivity contribution in [2.75, 3.05) is 26.8 Å². The highest BCUT2D eigenvalue weighted by Gasteiger charge is 2.49. The quantitative estimate of drug-likeness (QED) is 0.521. The van der Waals surface area contributed by atoms with E-state index in [1.54, 1.807) is 0 Å². The third kappa shape index (κ3) is 4.26. The maximum atomic E-state index is 12.7. The first-order valence-corrected chi connectivity index (χ1v) is 7.73. The van der Waals surface area contributed by atoms with Gasteiger partial charge in [0, 0.05) is 13.7 Å². The second kappa shape index (κ2) is 8.09. The van der Waals surface area contributed by atoms with Crippen LogP contribution in [-0.2, 0) is 19.9 Å². The molecule has 142 valence electrons. The van der Waals surface area contributed by atoms with E-state index < -0.39 is 36.5 Å². The average Bonchev–Trinajstić information content (AvgIpc) is 2.79. The van der Waals surface area contributed by atoms with E-state index >= 15 is 0 Å². The Hall–Kier alpha value is -2.75. The number of alkyl halides is 2. The number of ether oxygens (including phenoxy) is 2. The molecule has 8 nitrogen and oxygen atoms in total. The van der Waals surface area contributed by atoms with Crippen molar-refractivity contribution in [3.05, 3.63) is 29.8 Å². The van der Waals surface area contributed by atoms with Crippen LogP contribution < -0.4 is 15.4 Å². The van der Waals surface area contributed by atoms with Crippen LogP contribution in [0.15, 0.2) is 24.3 Å². The molecular formula is C16H19F2N3O5. The summed E-state index contributed by atoms with van der Waals surface area (Å²) < 4.78 is 33.5. The highest BCUT2D eigenvalue weighted by atomic mass is 19.3. The molecule has 1 atom stereocenters. The first kappa shape index (κ1) is 19.6. The Morgan fingerprint density at radius 1 is 1.31 bits per heavy atom. The number of imide groups is 1. The molecule has 2 N–H and O–H groups in total. The van der Waals surface area contributed by atoms with Crippen LogP contribution in [-0.4, -0.2) is 56.2 Å². The number of carbonyl (C=O) groups is 3. The number of hydrogen-bond acceptors (Lipinski definition) is 5. The zero-order valence-electron chi connectivity index (χ0n) is 14.3. The molecule has 0 bridgehead atoms. The predicted molar refractivity (Wildman–Crippen MR) is 85.6 cm³/mol. The molecule has 0 unspecified atom stereocenters. The van der Waals surface area contributed by atoms with Gasteiger partial charge in [0.15, 0.2) is 0 Å². The molecule has 0 radical (unpaired) electrons. The summed E-state index contributed by atoms with van der Waals surface area (Å²) in [6, 6.07) is 4.63. The lowest BCUT2D eigenvalue weighted by atomic mass is 9.92. The average molecular weight is 371 g/mol. The highest BCUT2D eigenvalue weighted by Crippen LogP contribution is 2.30. The smallest absolute Gasteiger partial charge is 0.387 e. The van der Waals surface area contributed by atoms with Crippen molar-refractivity contribution >= 4 is 17.8 Å². The Morgan fingerprint density at radius 3 is 2.54 bits per heavy atom. The van der Waals surface area contributed by atoms with E-state index in [0.717, 1.165) is 4.90 Å². The van der Waals surface area contributed by atoms with Gasteiger partial charge in [0.25, 0.3) is 5.91 Å². The van der Waals surface area contributed by atoms with E-state index in [2.05, 4.69) is 15.4 Å². The van der Waals surface area contributed by atoms with Gasteiger partial charge >= 0.3 is 12.6 Å². The number of amides is 4. The summed E-state index contributed by atoms with van der Waals surface area (Å²) in [5.41, 5.74) is -1.03. The molecule has 0 aromatic heterocycles. The van der Waals surface area contributed by atoms with Gasteiger partial charge in [-0.3, -0.25) is 14.5 Å². The number of urea groups is 1. The second-order valence-electron chi connectivity index (χ2n) is 5.69. The Morgan fingerprint density at radius 2 is 1.96 bits per heavy atom. The molecule has 0 spiro atoms. The van der Waals surface area contributed by atoms with Gasteiger partial charge in [0.1, 0.15) is 17.8 Å². The standard InChI is InChI=1S/C16H19F2N3O5/c1-16(10-3-5-11(6-4-10)26-14(17)18)13(23)21(15(24)20-16)9-12(22)19-7-8-25-2/h3-6,14H,7-9H2,1-2H3,(H,19,22)(H,20,24)/t16-/m1/s1. The fourth-order valence-electron chi connectivity index (χ4n) is 2.50. The van der Waals surface area contributed by atoms with Crippen LogP contribution in [0.4, 0.5) is 13.6 Å². The summed E-state index contributed by atoms with van der Waals surface area (Å²) in [4.78, 5) is 37.4. The monoisotopic (exact) mass is 371 g/mol. The molecule has 0 aliphatic carbocycles. The Kier molecular flexibility index (Phi) is 6.09. The molecule has 1 fully saturated rings. The van der Waals surface area contributed by atoms with E-state index in [1.807, 2.05) is 0 Å². The number of halogens is 2. The molecule has 4 amide bonds. The largest absolute Gasteiger partial charge is 0.435 e. The van der Waals surface area contributed by atoms with Crippen LogP contribution in [0.2, 0.25) is 0 Å². The van der Waals surface area contributed by atoms with Gasteiger partial charge in [-0.25, -0.2) is 4.79 Å². The van der Waals surface area contributed by atoms with Crippen LogP contribution in [0.25, 0.3) is 0 Å². The van der Waals surface area contributed by atoms with Crippen molar-refractivity contribution in [1.29, 1.82) is 0 Å². The molecule has 1 aliphatic heterocycles. The summed E-state index contributed by atoms with van der Waals surface area (Å²) in [6.07, 6.45) is 0. The van der Waals surface area contributed by atoms with Crippen molar-refractivity contribution in [1.82, 2.24) is 15.5 Å². The first-order chi connectivity index (χ1) is 12.3. The fourth-order valence-corrected chi connectivity index (χ4v) is 2.50. The molecule has 1 aliphatic rings. The summed E-state index contributed by atoms with van der Waals surface area (Å²) in [7, 11) is 1.48. The van der Waals surface area contributed by atoms with Gasteiger partial charge in [-0.05, 0) is 24.6 Å². The minimum absolute atomic E-state index is 0.0708. The number of nitrogens with zero attached hydrogens (tertiary/aromatic N) is 1. The third-order valence-electron chi connectivity index (χ3n) is 3.86. The Balaban J connectivity index is 2.09. The Labute approximate surface area is 148 Å². The number of rotatable bonds is 8. The van der Waals surface area contributed by atoms with Crippen LogP contribution in [0.3, 0.4) is 0 Å².